The van der Waals surface area contributed by atoms with Gasteiger partial charge in [0.1, 0.15) is 5.52 Å². The number of oxazole rings is 1. The fourth-order valence-electron chi connectivity index (χ4n) is 1.37. The van der Waals surface area contributed by atoms with Crippen molar-refractivity contribution in [3.05, 3.63) is 24.1 Å². The Morgan fingerprint density at radius 3 is 3.14 bits per heavy atom. The first kappa shape index (κ1) is 9.02. The topological polar surface area (TPSA) is 64.1 Å². The second-order valence-electron chi connectivity index (χ2n) is 3.13. The van der Waals surface area contributed by atoms with Crippen LogP contribution >= 0.6 is 0 Å². The van der Waals surface area contributed by atoms with E-state index in [1.807, 2.05) is 25.1 Å². The Morgan fingerprint density at radius 1 is 1.50 bits per heavy atom. The van der Waals surface area contributed by atoms with Crippen molar-refractivity contribution in [1.29, 1.82) is 0 Å². The SMILES string of the molecule is Cc1nc2cc(NCCN)ccc2o1. The monoisotopic (exact) mass is 191 g/mol. The predicted octanol–water partition coefficient (Wildman–Crippen LogP) is 1.51. The van der Waals surface area contributed by atoms with E-state index >= 15 is 0 Å². The minimum absolute atomic E-state index is 0.621. The minimum atomic E-state index is 0.621. The Morgan fingerprint density at radius 2 is 2.36 bits per heavy atom. The first-order valence-electron chi connectivity index (χ1n) is 4.61. The molecule has 0 aliphatic heterocycles. The van der Waals surface area contributed by atoms with Crippen LogP contribution in [-0.2, 0) is 0 Å². The van der Waals surface area contributed by atoms with E-state index in [1.165, 1.54) is 0 Å². The summed E-state index contributed by atoms with van der Waals surface area (Å²) in [6.45, 7) is 3.23. The lowest BCUT2D eigenvalue weighted by molar-refractivity contribution is 0.561. The van der Waals surface area contributed by atoms with Crippen molar-refractivity contribution in [2.45, 2.75) is 6.92 Å². The molecule has 2 rings (SSSR count). The minimum Gasteiger partial charge on any atom is -0.441 e. The third-order valence-electron chi connectivity index (χ3n) is 1.97. The number of nitrogens with zero attached hydrogens (tertiary/aromatic N) is 1. The summed E-state index contributed by atoms with van der Waals surface area (Å²) in [6.07, 6.45) is 0. The highest BCUT2D eigenvalue weighted by Crippen LogP contribution is 2.19. The van der Waals surface area contributed by atoms with Gasteiger partial charge in [-0.05, 0) is 18.2 Å². The average Bonchev–Trinajstić information content (AvgIpc) is 2.54. The van der Waals surface area contributed by atoms with E-state index in [2.05, 4.69) is 10.3 Å². The molecule has 1 aromatic heterocycles. The third kappa shape index (κ3) is 1.70. The van der Waals surface area contributed by atoms with Crippen LogP contribution in [0.3, 0.4) is 0 Å². The molecule has 0 aliphatic rings. The lowest BCUT2D eigenvalue weighted by atomic mass is 10.3. The number of benzene rings is 1. The Labute approximate surface area is 82.1 Å². The molecule has 0 spiro atoms. The molecular weight excluding hydrogens is 178 g/mol. The maximum absolute atomic E-state index is 5.40. The highest BCUT2D eigenvalue weighted by atomic mass is 16.3. The second-order valence-corrected chi connectivity index (χ2v) is 3.13. The Bertz CT molecular complexity index is 436. The van der Waals surface area contributed by atoms with Crippen LogP contribution in [0.25, 0.3) is 11.1 Å². The molecule has 0 bridgehead atoms. The number of hydrogen-bond acceptors (Lipinski definition) is 4. The summed E-state index contributed by atoms with van der Waals surface area (Å²) in [7, 11) is 0. The number of hydrogen-bond donors (Lipinski definition) is 2. The van der Waals surface area contributed by atoms with Crippen LogP contribution in [0.1, 0.15) is 5.89 Å². The van der Waals surface area contributed by atoms with Crippen molar-refractivity contribution in [3.63, 3.8) is 0 Å². The summed E-state index contributed by atoms with van der Waals surface area (Å²) < 4.78 is 5.36. The smallest absolute Gasteiger partial charge is 0.192 e. The van der Waals surface area contributed by atoms with Crippen molar-refractivity contribution in [1.82, 2.24) is 4.98 Å². The summed E-state index contributed by atoms with van der Waals surface area (Å²) in [4.78, 5) is 4.24. The van der Waals surface area contributed by atoms with Gasteiger partial charge in [-0.1, -0.05) is 0 Å². The molecule has 1 aromatic carbocycles. The summed E-state index contributed by atoms with van der Waals surface area (Å²) in [5.74, 6) is 0.691. The van der Waals surface area contributed by atoms with Crippen molar-refractivity contribution in [3.8, 4) is 0 Å². The molecule has 0 atom stereocenters. The van der Waals surface area contributed by atoms with Gasteiger partial charge in [0.05, 0.1) is 0 Å². The quantitative estimate of drug-likeness (QED) is 0.771. The van der Waals surface area contributed by atoms with E-state index < -0.39 is 0 Å². The van der Waals surface area contributed by atoms with E-state index in [-0.39, 0.29) is 0 Å². The van der Waals surface area contributed by atoms with Crippen LogP contribution < -0.4 is 11.1 Å². The van der Waals surface area contributed by atoms with Gasteiger partial charge in [-0.15, -0.1) is 0 Å². The van der Waals surface area contributed by atoms with Gasteiger partial charge in [-0.25, -0.2) is 4.98 Å². The van der Waals surface area contributed by atoms with Gasteiger partial charge in [0.15, 0.2) is 11.5 Å². The standard InChI is InChI=1S/C10H13N3O/c1-7-13-9-6-8(12-5-4-11)2-3-10(9)14-7/h2-3,6,12H,4-5,11H2,1H3. The van der Waals surface area contributed by atoms with E-state index in [0.29, 0.717) is 12.4 Å². The molecule has 0 saturated carbocycles. The predicted molar refractivity (Wildman–Crippen MR) is 56.3 cm³/mol. The highest BCUT2D eigenvalue weighted by molar-refractivity contribution is 5.77. The molecule has 0 saturated heterocycles. The number of nitrogens with one attached hydrogen (secondary N) is 1. The summed E-state index contributed by atoms with van der Waals surface area (Å²) in [6, 6.07) is 5.83. The molecule has 14 heavy (non-hydrogen) atoms. The van der Waals surface area contributed by atoms with Gasteiger partial charge >= 0.3 is 0 Å². The molecule has 0 unspecified atom stereocenters. The molecule has 1 heterocycles. The average molecular weight is 191 g/mol. The van der Waals surface area contributed by atoms with Crippen LogP contribution in [0, 0.1) is 6.92 Å². The lowest BCUT2D eigenvalue weighted by Crippen LogP contribution is -2.12. The summed E-state index contributed by atoms with van der Waals surface area (Å²) >= 11 is 0. The number of anilines is 1. The maximum atomic E-state index is 5.40. The van der Waals surface area contributed by atoms with Gasteiger partial charge in [0.2, 0.25) is 0 Å². The summed E-state index contributed by atoms with van der Waals surface area (Å²) in [5, 5.41) is 3.19. The van der Waals surface area contributed by atoms with Crippen LogP contribution in [0.4, 0.5) is 5.69 Å². The number of nitrogens with two attached hydrogens (primary N) is 1. The molecule has 2 aromatic rings. The molecule has 0 aliphatic carbocycles. The van der Waals surface area contributed by atoms with E-state index in [4.69, 9.17) is 10.2 Å². The van der Waals surface area contributed by atoms with Crippen LogP contribution in [0.2, 0.25) is 0 Å². The van der Waals surface area contributed by atoms with Crippen LogP contribution in [0.5, 0.6) is 0 Å². The zero-order valence-corrected chi connectivity index (χ0v) is 8.08. The van der Waals surface area contributed by atoms with Crippen LogP contribution in [0.15, 0.2) is 22.6 Å². The number of aromatic nitrogens is 1. The maximum Gasteiger partial charge on any atom is 0.192 e. The molecular formula is C10H13N3O. The third-order valence-corrected chi connectivity index (χ3v) is 1.97. The van der Waals surface area contributed by atoms with Crippen molar-refractivity contribution in [2.24, 2.45) is 5.73 Å². The fourth-order valence-corrected chi connectivity index (χ4v) is 1.37. The Balaban J connectivity index is 2.31. The van der Waals surface area contributed by atoms with Crippen LogP contribution in [-0.4, -0.2) is 18.1 Å². The van der Waals surface area contributed by atoms with Crippen molar-refractivity contribution >= 4 is 16.8 Å². The van der Waals surface area contributed by atoms with E-state index in [0.717, 1.165) is 23.3 Å². The first-order valence-corrected chi connectivity index (χ1v) is 4.61. The fraction of sp³-hybridized carbons (Fsp3) is 0.300. The molecule has 3 N–H and O–H groups in total. The number of fused-ring (bicyclic) bond motifs is 1. The number of rotatable bonds is 3. The van der Waals surface area contributed by atoms with Gasteiger partial charge in [0.25, 0.3) is 0 Å². The van der Waals surface area contributed by atoms with E-state index in [9.17, 15) is 0 Å². The van der Waals surface area contributed by atoms with Crippen molar-refractivity contribution < 1.29 is 4.42 Å². The molecule has 0 amide bonds. The molecule has 4 heteroatoms. The van der Waals surface area contributed by atoms with Gasteiger partial charge in [-0.3, -0.25) is 0 Å². The Hall–Kier alpha value is -1.55. The number of aryl methyl sites for hydroxylation is 1. The lowest BCUT2D eigenvalue weighted by Gasteiger charge is -2.02. The second kappa shape index (κ2) is 3.67. The zero-order valence-electron chi connectivity index (χ0n) is 8.08. The largest absolute Gasteiger partial charge is 0.441 e. The summed E-state index contributed by atoms with van der Waals surface area (Å²) in [5.41, 5.74) is 8.12. The first-order chi connectivity index (χ1) is 6.79. The molecule has 0 fully saturated rings. The van der Waals surface area contributed by atoms with E-state index in [1.54, 1.807) is 0 Å². The highest BCUT2D eigenvalue weighted by Gasteiger charge is 2.01. The normalized spacial score (nSPS) is 10.7. The molecule has 0 radical (unpaired) electrons. The Kier molecular flexibility index (Phi) is 2.37. The van der Waals surface area contributed by atoms with Crippen molar-refractivity contribution in [2.75, 3.05) is 18.4 Å². The zero-order chi connectivity index (χ0) is 9.97. The van der Waals surface area contributed by atoms with Gasteiger partial charge in [-0.2, -0.15) is 0 Å². The van der Waals surface area contributed by atoms with Gasteiger partial charge in [0, 0.05) is 25.7 Å². The molecule has 74 valence electrons. The molecule has 4 nitrogen and oxygen atoms in total. The van der Waals surface area contributed by atoms with Gasteiger partial charge < -0.3 is 15.5 Å².